The summed E-state index contributed by atoms with van der Waals surface area (Å²) in [6.07, 6.45) is -0.715. The predicted octanol–water partition coefficient (Wildman–Crippen LogP) is 3.01. The fourth-order valence-corrected chi connectivity index (χ4v) is 4.27. The van der Waals surface area contributed by atoms with Crippen LogP contribution in [0, 0.1) is 0 Å². The summed E-state index contributed by atoms with van der Waals surface area (Å²) >= 11 is 5.83. The van der Waals surface area contributed by atoms with E-state index in [0.29, 0.717) is 42.6 Å². The largest absolute Gasteiger partial charge is 0.483 e. The lowest BCUT2D eigenvalue weighted by Gasteiger charge is -2.26. The number of rotatable bonds is 6. The van der Waals surface area contributed by atoms with Crippen molar-refractivity contribution in [2.24, 2.45) is 0 Å². The molecule has 1 saturated heterocycles. The number of ether oxygens (including phenoxy) is 2. The van der Waals surface area contributed by atoms with Gasteiger partial charge in [0.05, 0.1) is 18.1 Å². The highest BCUT2D eigenvalue weighted by molar-refractivity contribution is 7.89. The second kappa shape index (κ2) is 8.39. The summed E-state index contributed by atoms with van der Waals surface area (Å²) in [6.45, 7) is 3.12. The molecular formula is C19H20ClNO5S. The standard InChI is InChI=1S/C19H20ClNO5S/c1-14(19(22)15-2-4-16(20)5-3-15)26-17-6-8-18(9-7-17)27(23,24)21-10-12-25-13-11-21/h2-9,14H,10-13H2,1H3/t14-/m0/s1. The van der Waals surface area contributed by atoms with Gasteiger partial charge in [0.25, 0.3) is 0 Å². The van der Waals surface area contributed by atoms with Gasteiger partial charge in [0.2, 0.25) is 15.8 Å². The monoisotopic (exact) mass is 409 g/mol. The van der Waals surface area contributed by atoms with Crippen molar-refractivity contribution < 1.29 is 22.7 Å². The Morgan fingerprint density at radius 3 is 2.26 bits per heavy atom. The number of hydrogen-bond donors (Lipinski definition) is 0. The van der Waals surface area contributed by atoms with Crippen molar-refractivity contribution in [3.63, 3.8) is 0 Å². The number of nitrogens with zero attached hydrogens (tertiary/aromatic N) is 1. The molecule has 1 heterocycles. The molecule has 0 N–H and O–H groups in total. The minimum absolute atomic E-state index is 0.184. The molecule has 1 aliphatic rings. The number of halogens is 1. The molecule has 0 unspecified atom stereocenters. The van der Waals surface area contributed by atoms with E-state index >= 15 is 0 Å². The summed E-state index contributed by atoms with van der Waals surface area (Å²) < 4.78 is 37.5. The third-order valence-corrected chi connectivity index (χ3v) is 6.41. The lowest BCUT2D eigenvalue weighted by Crippen LogP contribution is -2.40. The second-order valence-electron chi connectivity index (χ2n) is 6.12. The Labute approximate surface area is 163 Å². The Morgan fingerprint density at radius 2 is 1.67 bits per heavy atom. The van der Waals surface area contributed by atoms with Crippen molar-refractivity contribution in [1.29, 1.82) is 0 Å². The van der Waals surface area contributed by atoms with Gasteiger partial charge in [0, 0.05) is 23.7 Å². The molecule has 1 fully saturated rings. The molecule has 8 heteroatoms. The van der Waals surface area contributed by atoms with E-state index in [9.17, 15) is 13.2 Å². The van der Waals surface area contributed by atoms with Crippen molar-refractivity contribution >= 4 is 27.4 Å². The smallest absolute Gasteiger partial charge is 0.243 e. The van der Waals surface area contributed by atoms with E-state index in [-0.39, 0.29) is 10.7 Å². The highest BCUT2D eigenvalue weighted by Crippen LogP contribution is 2.22. The van der Waals surface area contributed by atoms with Crippen LogP contribution >= 0.6 is 11.6 Å². The summed E-state index contributed by atoms with van der Waals surface area (Å²) in [6, 6.07) is 12.7. The molecule has 3 rings (SSSR count). The minimum atomic E-state index is -3.55. The number of carbonyl (C=O) groups excluding carboxylic acids is 1. The van der Waals surface area contributed by atoms with Gasteiger partial charge in [-0.1, -0.05) is 11.6 Å². The Kier molecular flexibility index (Phi) is 6.16. The van der Waals surface area contributed by atoms with Crippen LogP contribution in [0.25, 0.3) is 0 Å². The molecule has 0 bridgehead atoms. The summed E-state index contributed by atoms with van der Waals surface area (Å²) in [5.74, 6) is 0.238. The summed E-state index contributed by atoms with van der Waals surface area (Å²) in [4.78, 5) is 12.6. The molecule has 0 aromatic heterocycles. The van der Waals surface area contributed by atoms with E-state index in [1.807, 2.05) is 0 Å². The SMILES string of the molecule is C[C@H](Oc1ccc(S(=O)(=O)N2CCOCC2)cc1)C(=O)c1ccc(Cl)cc1. The molecule has 0 spiro atoms. The predicted molar refractivity (Wildman–Crippen MR) is 102 cm³/mol. The molecule has 2 aromatic carbocycles. The number of morpholine rings is 1. The lowest BCUT2D eigenvalue weighted by atomic mass is 10.1. The van der Waals surface area contributed by atoms with Crippen LogP contribution < -0.4 is 4.74 Å². The summed E-state index contributed by atoms with van der Waals surface area (Å²) in [5, 5.41) is 0.553. The first-order chi connectivity index (χ1) is 12.9. The van der Waals surface area contributed by atoms with Gasteiger partial charge in [-0.2, -0.15) is 4.31 Å². The van der Waals surface area contributed by atoms with Crippen LogP contribution in [0.15, 0.2) is 53.4 Å². The maximum absolute atomic E-state index is 12.6. The number of hydrogen-bond acceptors (Lipinski definition) is 5. The zero-order valence-corrected chi connectivity index (χ0v) is 16.4. The van der Waals surface area contributed by atoms with E-state index < -0.39 is 16.1 Å². The van der Waals surface area contributed by atoms with Crippen LogP contribution in [0.5, 0.6) is 5.75 Å². The van der Waals surface area contributed by atoms with Gasteiger partial charge < -0.3 is 9.47 Å². The van der Waals surface area contributed by atoms with Gasteiger partial charge in [0.15, 0.2) is 6.10 Å². The zero-order chi connectivity index (χ0) is 19.4. The van der Waals surface area contributed by atoms with Crippen molar-refractivity contribution in [3.8, 4) is 5.75 Å². The molecule has 6 nitrogen and oxygen atoms in total. The fraction of sp³-hybridized carbons (Fsp3) is 0.316. The molecule has 0 saturated carbocycles. The van der Waals surface area contributed by atoms with Gasteiger partial charge in [-0.15, -0.1) is 0 Å². The molecule has 144 valence electrons. The molecule has 0 radical (unpaired) electrons. The third kappa shape index (κ3) is 4.68. The number of Topliss-reactive ketones (excluding diaryl/α,β-unsaturated/α-hetero) is 1. The fourth-order valence-electron chi connectivity index (χ4n) is 2.73. The lowest BCUT2D eigenvalue weighted by molar-refractivity contribution is 0.0730. The van der Waals surface area contributed by atoms with Crippen molar-refractivity contribution in [3.05, 3.63) is 59.1 Å². The zero-order valence-electron chi connectivity index (χ0n) is 14.8. The first-order valence-corrected chi connectivity index (χ1v) is 10.3. The van der Waals surface area contributed by atoms with Crippen molar-refractivity contribution in [2.75, 3.05) is 26.3 Å². The van der Waals surface area contributed by atoms with E-state index in [2.05, 4.69) is 0 Å². The van der Waals surface area contributed by atoms with Crippen LogP contribution in [0.2, 0.25) is 5.02 Å². The Hall–Kier alpha value is -1.93. The van der Waals surface area contributed by atoms with E-state index in [1.54, 1.807) is 43.3 Å². The van der Waals surface area contributed by atoms with Gasteiger partial charge in [-0.25, -0.2) is 8.42 Å². The Bertz CT molecular complexity index is 891. The van der Waals surface area contributed by atoms with Crippen molar-refractivity contribution in [1.82, 2.24) is 4.31 Å². The highest BCUT2D eigenvalue weighted by atomic mass is 35.5. The van der Waals surface area contributed by atoms with Crippen molar-refractivity contribution in [2.45, 2.75) is 17.9 Å². The molecule has 27 heavy (non-hydrogen) atoms. The van der Waals surface area contributed by atoms with E-state index in [4.69, 9.17) is 21.1 Å². The van der Waals surface area contributed by atoms with Gasteiger partial charge in [-0.3, -0.25) is 4.79 Å². The second-order valence-corrected chi connectivity index (χ2v) is 8.49. The number of ketones is 1. The Morgan fingerprint density at radius 1 is 1.07 bits per heavy atom. The number of sulfonamides is 1. The van der Waals surface area contributed by atoms with Crippen LogP contribution in [0.3, 0.4) is 0 Å². The molecule has 1 atom stereocenters. The van der Waals surface area contributed by atoms with Crippen LogP contribution in [0.4, 0.5) is 0 Å². The molecule has 2 aromatic rings. The minimum Gasteiger partial charge on any atom is -0.483 e. The summed E-state index contributed by atoms with van der Waals surface area (Å²) in [7, 11) is -3.55. The molecule has 0 aliphatic carbocycles. The average Bonchev–Trinajstić information content (AvgIpc) is 2.69. The molecule has 1 aliphatic heterocycles. The van der Waals surface area contributed by atoms with Crippen LogP contribution in [-0.4, -0.2) is 50.9 Å². The van der Waals surface area contributed by atoms with Crippen LogP contribution in [-0.2, 0) is 14.8 Å². The third-order valence-electron chi connectivity index (χ3n) is 4.24. The quantitative estimate of drug-likeness (QED) is 0.686. The average molecular weight is 410 g/mol. The number of carbonyl (C=O) groups is 1. The van der Waals surface area contributed by atoms with Gasteiger partial charge in [-0.05, 0) is 55.5 Å². The maximum Gasteiger partial charge on any atom is 0.243 e. The maximum atomic E-state index is 12.6. The van der Waals surface area contributed by atoms with Gasteiger partial charge in [0.1, 0.15) is 5.75 Å². The Balaban J connectivity index is 1.68. The normalized spacial score (nSPS) is 16.7. The first kappa shape index (κ1) is 19.8. The summed E-state index contributed by atoms with van der Waals surface area (Å²) in [5.41, 5.74) is 0.499. The highest BCUT2D eigenvalue weighted by Gasteiger charge is 2.26. The van der Waals surface area contributed by atoms with Crippen LogP contribution in [0.1, 0.15) is 17.3 Å². The number of benzene rings is 2. The molecule has 0 amide bonds. The molecular weight excluding hydrogens is 390 g/mol. The van der Waals surface area contributed by atoms with E-state index in [0.717, 1.165) is 0 Å². The van der Waals surface area contributed by atoms with E-state index in [1.165, 1.54) is 16.4 Å². The van der Waals surface area contributed by atoms with Gasteiger partial charge >= 0.3 is 0 Å². The first-order valence-electron chi connectivity index (χ1n) is 8.52. The topological polar surface area (TPSA) is 72.9 Å².